The highest BCUT2D eigenvalue weighted by Crippen LogP contribution is 2.41. The number of aliphatic hydroxyl groups excluding tert-OH is 1. The third-order valence-corrected chi connectivity index (χ3v) is 7.15. The van der Waals surface area contributed by atoms with Crippen molar-refractivity contribution in [1.29, 1.82) is 0 Å². The number of anilines is 1. The van der Waals surface area contributed by atoms with Gasteiger partial charge in [-0.15, -0.1) is 0 Å². The van der Waals surface area contributed by atoms with Crippen LogP contribution < -0.4 is 16.2 Å². The number of aromatic nitrogens is 3. The van der Waals surface area contributed by atoms with E-state index in [4.69, 9.17) is 5.10 Å². The monoisotopic (exact) mass is 497 g/mol. The van der Waals surface area contributed by atoms with Gasteiger partial charge in [0.2, 0.25) is 0 Å². The maximum absolute atomic E-state index is 13.3. The molecule has 2 aromatic heterocycles. The van der Waals surface area contributed by atoms with Gasteiger partial charge in [-0.05, 0) is 48.1 Å². The van der Waals surface area contributed by atoms with Gasteiger partial charge in [-0.1, -0.05) is 56.3 Å². The predicted molar refractivity (Wildman–Crippen MR) is 144 cm³/mol. The zero-order chi connectivity index (χ0) is 26.3. The van der Waals surface area contributed by atoms with Crippen molar-refractivity contribution in [3.05, 3.63) is 100.0 Å². The Balaban J connectivity index is 1.50. The number of pyridine rings is 1. The van der Waals surface area contributed by atoms with E-state index in [1.807, 2.05) is 61.5 Å². The Bertz CT molecular complexity index is 1520. The number of aryl methyl sites for hydroxylation is 1. The number of hydrogen-bond donors (Lipinski definition) is 3. The maximum Gasteiger partial charge on any atom is 0.320 e. The molecule has 8 heteroatoms. The smallest absolute Gasteiger partial charge is 0.320 e. The number of nitrogens with zero attached hydrogens (tertiary/aromatic N) is 3. The number of carbonyl (C=O) groups excluding carboxylic acids is 1. The second kappa shape index (κ2) is 9.37. The van der Waals surface area contributed by atoms with Crippen molar-refractivity contribution >= 4 is 11.8 Å². The van der Waals surface area contributed by atoms with Crippen molar-refractivity contribution in [3.8, 4) is 16.9 Å². The molecular weight excluding hydrogens is 466 g/mol. The van der Waals surface area contributed by atoms with Crippen LogP contribution in [0.2, 0.25) is 0 Å². The van der Waals surface area contributed by atoms with Crippen molar-refractivity contribution in [2.45, 2.75) is 44.8 Å². The van der Waals surface area contributed by atoms with Gasteiger partial charge >= 0.3 is 6.03 Å². The largest absolute Gasteiger partial charge is 0.391 e. The number of para-hydroxylation sites is 1. The lowest BCUT2D eigenvalue weighted by atomic mass is 9.70. The summed E-state index contributed by atoms with van der Waals surface area (Å²) in [4.78, 5) is 25.6. The summed E-state index contributed by atoms with van der Waals surface area (Å²) in [5.74, 6) is 0.485. The molecule has 2 amide bonds. The molecule has 3 N–H and O–H groups in total. The fourth-order valence-electron chi connectivity index (χ4n) is 5.17. The van der Waals surface area contributed by atoms with E-state index < -0.39 is 18.2 Å². The molecule has 37 heavy (non-hydrogen) atoms. The predicted octanol–water partition coefficient (Wildman–Crippen LogP) is 4.45. The van der Waals surface area contributed by atoms with Gasteiger partial charge in [-0.3, -0.25) is 10.1 Å². The first-order valence-corrected chi connectivity index (χ1v) is 12.3. The number of urea groups is 1. The van der Waals surface area contributed by atoms with Crippen LogP contribution in [-0.2, 0) is 12.5 Å². The van der Waals surface area contributed by atoms with Gasteiger partial charge in [-0.25, -0.2) is 9.48 Å². The second-order valence-electron chi connectivity index (χ2n) is 10.3. The minimum atomic E-state index is -0.730. The van der Waals surface area contributed by atoms with Crippen LogP contribution in [-0.4, -0.2) is 31.6 Å². The molecule has 0 aliphatic heterocycles. The number of rotatable bonds is 4. The van der Waals surface area contributed by atoms with E-state index in [1.54, 1.807) is 17.9 Å². The van der Waals surface area contributed by atoms with Gasteiger partial charge in [0.25, 0.3) is 5.56 Å². The Morgan fingerprint density at radius 1 is 1.08 bits per heavy atom. The quantitative estimate of drug-likeness (QED) is 0.388. The van der Waals surface area contributed by atoms with E-state index in [0.29, 0.717) is 23.5 Å². The van der Waals surface area contributed by atoms with Gasteiger partial charge in [0.1, 0.15) is 5.82 Å². The van der Waals surface area contributed by atoms with Crippen LogP contribution in [0, 0.1) is 6.92 Å². The Kier molecular flexibility index (Phi) is 6.21. The molecule has 2 atom stereocenters. The molecule has 8 nitrogen and oxygen atoms in total. The van der Waals surface area contributed by atoms with Crippen LogP contribution >= 0.6 is 0 Å². The van der Waals surface area contributed by atoms with E-state index >= 15 is 0 Å². The summed E-state index contributed by atoms with van der Waals surface area (Å²) in [7, 11) is 1.69. The molecule has 0 saturated heterocycles. The molecule has 5 rings (SSSR count). The molecule has 0 spiro atoms. The van der Waals surface area contributed by atoms with Crippen LogP contribution in [0.1, 0.15) is 43.0 Å². The molecule has 4 aromatic rings. The highest BCUT2D eigenvalue weighted by atomic mass is 16.3. The molecule has 2 heterocycles. The average molecular weight is 498 g/mol. The number of hydrogen-bond acceptors (Lipinski definition) is 4. The standard InChI is InChI=1S/C29H31N5O3/c1-18-25(19-14-15-33(4)24(36)16-19)32-34(20-10-6-5-7-11-20)27(18)31-28(37)30-26-21-12-8-9-13-22(21)29(2,3)17-23(26)35/h5-16,23,26,35H,17H2,1-4H3,(H2,30,31,37)/t23-,26?/m1/s1. The second-order valence-corrected chi connectivity index (χ2v) is 10.3. The van der Waals surface area contributed by atoms with Crippen molar-refractivity contribution in [1.82, 2.24) is 19.7 Å². The molecule has 0 saturated carbocycles. The highest BCUT2D eigenvalue weighted by Gasteiger charge is 2.39. The topological polar surface area (TPSA) is 101 Å². The van der Waals surface area contributed by atoms with Crippen molar-refractivity contribution in [3.63, 3.8) is 0 Å². The number of amides is 2. The molecule has 1 unspecified atom stereocenters. The van der Waals surface area contributed by atoms with E-state index in [1.165, 1.54) is 10.6 Å². The van der Waals surface area contributed by atoms with Gasteiger partial charge in [0.05, 0.1) is 23.5 Å². The molecule has 0 radical (unpaired) electrons. The molecular formula is C29H31N5O3. The summed E-state index contributed by atoms with van der Waals surface area (Å²) in [5, 5.41) is 21.7. The van der Waals surface area contributed by atoms with Crippen LogP contribution in [0.5, 0.6) is 0 Å². The van der Waals surface area contributed by atoms with Gasteiger partial charge in [0, 0.05) is 30.4 Å². The summed E-state index contributed by atoms with van der Waals surface area (Å²) in [6, 6.07) is 19.8. The minimum absolute atomic E-state index is 0.147. The molecule has 0 fully saturated rings. The van der Waals surface area contributed by atoms with Gasteiger partial charge in [0.15, 0.2) is 0 Å². The fraction of sp³-hybridized carbons (Fsp3) is 0.276. The Morgan fingerprint density at radius 2 is 1.78 bits per heavy atom. The normalized spacial score (nSPS) is 18.2. The van der Waals surface area contributed by atoms with Crippen LogP contribution in [0.25, 0.3) is 16.9 Å². The highest BCUT2D eigenvalue weighted by molar-refractivity contribution is 5.91. The lowest BCUT2D eigenvalue weighted by molar-refractivity contribution is 0.0883. The van der Waals surface area contributed by atoms with Crippen molar-refractivity contribution in [2.75, 3.05) is 5.32 Å². The first-order chi connectivity index (χ1) is 17.7. The van der Waals surface area contributed by atoms with Crippen LogP contribution in [0.3, 0.4) is 0 Å². The third kappa shape index (κ3) is 4.56. The van der Waals surface area contributed by atoms with Crippen LogP contribution in [0.15, 0.2) is 77.7 Å². The molecule has 2 aromatic carbocycles. The van der Waals surface area contributed by atoms with Crippen molar-refractivity contribution < 1.29 is 9.90 Å². The summed E-state index contributed by atoms with van der Waals surface area (Å²) in [6.07, 6.45) is 1.50. The molecule has 190 valence electrons. The molecule has 0 bridgehead atoms. The Morgan fingerprint density at radius 3 is 2.51 bits per heavy atom. The summed E-state index contributed by atoms with van der Waals surface area (Å²) in [6.45, 7) is 6.07. The van der Waals surface area contributed by atoms with Gasteiger partial charge in [-0.2, -0.15) is 5.10 Å². The fourth-order valence-corrected chi connectivity index (χ4v) is 5.17. The number of fused-ring (bicyclic) bond motifs is 1. The Hall–Kier alpha value is -4.17. The summed E-state index contributed by atoms with van der Waals surface area (Å²) in [5.41, 5.74) is 4.43. The third-order valence-electron chi connectivity index (χ3n) is 7.15. The first kappa shape index (κ1) is 24.5. The zero-order valence-electron chi connectivity index (χ0n) is 21.4. The Labute approximate surface area is 215 Å². The average Bonchev–Trinajstić information content (AvgIpc) is 3.19. The van der Waals surface area contributed by atoms with Crippen LogP contribution in [0.4, 0.5) is 10.6 Å². The van der Waals surface area contributed by atoms with Crippen molar-refractivity contribution in [2.24, 2.45) is 7.05 Å². The van der Waals surface area contributed by atoms with E-state index in [2.05, 4.69) is 30.5 Å². The van der Waals surface area contributed by atoms with E-state index in [-0.39, 0.29) is 11.0 Å². The summed E-state index contributed by atoms with van der Waals surface area (Å²) >= 11 is 0. The zero-order valence-corrected chi connectivity index (χ0v) is 21.4. The molecule has 1 aliphatic carbocycles. The number of benzene rings is 2. The SMILES string of the molecule is Cc1c(-c2ccn(C)c(=O)c2)nn(-c2ccccc2)c1NC(=O)NC1c2ccccc2C(C)(C)C[C@H]1O. The number of aliphatic hydroxyl groups is 1. The van der Waals surface area contributed by atoms with E-state index in [0.717, 1.165) is 22.4 Å². The summed E-state index contributed by atoms with van der Waals surface area (Å²) < 4.78 is 3.16. The first-order valence-electron chi connectivity index (χ1n) is 12.3. The minimum Gasteiger partial charge on any atom is -0.391 e. The maximum atomic E-state index is 13.3. The lowest BCUT2D eigenvalue weighted by Gasteiger charge is -2.40. The number of nitrogens with one attached hydrogen (secondary N) is 2. The lowest BCUT2D eigenvalue weighted by Crippen LogP contribution is -2.45. The number of carbonyl (C=O) groups is 1. The molecule has 1 aliphatic rings. The van der Waals surface area contributed by atoms with E-state index in [9.17, 15) is 14.7 Å². The van der Waals surface area contributed by atoms with Gasteiger partial charge < -0.3 is 15.0 Å².